The lowest BCUT2D eigenvalue weighted by atomic mass is 9.92. The van der Waals surface area contributed by atoms with Crippen molar-refractivity contribution in [3.8, 4) is 0 Å². The molecule has 0 radical (unpaired) electrons. The Bertz CT molecular complexity index is 882. The quantitative estimate of drug-likeness (QED) is 0.441. The van der Waals surface area contributed by atoms with Crippen molar-refractivity contribution in [2.45, 2.75) is 44.6 Å². The van der Waals surface area contributed by atoms with Gasteiger partial charge in [0.2, 0.25) is 0 Å². The minimum absolute atomic E-state index is 0.177. The molecule has 1 aliphatic rings. The van der Waals surface area contributed by atoms with Crippen LogP contribution in [-0.4, -0.2) is 30.1 Å². The van der Waals surface area contributed by atoms with Gasteiger partial charge in [0.15, 0.2) is 0 Å². The van der Waals surface area contributed by atoms with E-state index in [0.29, 0.717) is 12.5 Å². The highest BCUT2D eigenvalue weighted by Gasteiger charge is 2.33. The van der Waals surface area contributed by atoms with Gasteiger partial charge in [0.25, 0.3) is 0 Å². The van der Waals surface area contributed by atoms with Gasteiger partial charge in [-0.2, -0.15) is 0 Å². The standard InChI is InChI=1S/C26H33N2OP/c1-4-10-24(26(27-3)23-15-20-12-7-8-13-21(20)16-23)28(25(30)18-29)17-22-14-9-6-11-19(22)5-2/h5-14,18,23,25-27H,2,4,15-17,30H2,1,3H3/b24-10+/t25-,26?/m1/s1. The number of hydrogen-bond donors (Lipinski definition) is 1. The number of allylic oxidation sites excluding steroid dienone is 1. The van der Waals surface area contributed by atoms with E-state index in [1.165, 1.54) is 22.4 Å². The first kappa shape index (κ1) is 22.5. The lowest BCUT2D eigenvalue weighted by Crippen LogP contribution is -2.45. The number of hydrogen-bond acceptors (Lipinski definition) is 3. The first-order valence-corrected chi connectivity index (χ1v) is 11.4. The maximum Gasteiger partial charge on any atom is 0.146 e. The van der Waals surface area contributed by atoms with Crippen LogP contribution in [0, 0.1) is 5.92 Å². The normalized spacial score (nSPS) is 16.0. The topological polar surface area (TPSA) is 32.3 Å². The average Bonchev–Trinajstić information content (AvgIpc) is 3.21. The van der Waals surface area contributed by atoms with Gasteiger partial charge in [0, 0.05) is 12.2 Å². The van der Waals surface area contributed by atoms with E-state index in [0.717, 1.165) is 31.1 Å². The molecule has 0 fully saturated rings. The average molecular weight is 421 g/mol. The lowest BCUT2D eigenvalue weighted by molar-refractivity contribution is -0.109. The zero-order valence-corrected chi connectivity index (χ0v) is 19.2. The molecule has 2 unspecified atom stereocenters. The Balaban J connectivity index is 1.94. The van der Waals surface area contributed by atoms with Crippen molar-refractivity contribution in [3.05, 3.63) is 89.1 Å². The fourth-order valence-electron chi connectivity index (χ4n) is 4.59. The van der Waals surface area contributed by atoms with Crippen LogP contribution in [0.15, 0.2) is 66.9 Å². The van der Waals surface area contributed by atoms with Gasteiger partial charge < -0.3 is 15.0 Å². The number of aldehydes is 1. The largest absolute Gasteiger partial charge is 0.356 e. The predicted molar refractivity (Wildman–Crippen MR) is 130 cm³/mol. The van der Waals surface area contributed by atoms with Crippen molar-refractivity contribution in [2.75, 3.05) is 7.05 Å². The van der Waals surface area contributed by atoms with E-state index >= 15 is 0 Å². The molecule has 0 aliphatic heterocycles. The van der Waals surface area contributed by atoms with E-state index in [1.54, 1.807) is 0 Å². The van der Waals surface area contributed by atoms with Crippen molar-refractivity contribution < 1.29 is 4.79 Å². The SMILES string of the molecule is C=Cc1ccccc1CN(/C(=C/CC)C(NC)C1Cc2ccccc2C1)[C@H](P)C=O. The van der Waals surface area contributed by atoms with Gasteiger partial charge in [0.05, 0.1) is 11.8 Å². The molecule has 3 nitrogen and oxygen atoms in total. The molecular weight excluding hydrogens is 387 g/mol. The third-order valence-corrected chi connectivity index (χ3v) is 6.56. The van der Waals surface area contributed by atoms with Crippen LogP contribution >= 0.6 is 9.24 Å². The van der Waals surface area contributed by atoms with E-state index in [1.807, 2.05) is 25.3 Å². The third-order valence-electron chi connectivity index (χ3n) is 6.04. The van der Waals surface area contributed by atoms with E-state index in [9.17, 15) is 4.79 Å². The summed E-state index contributed by atoms with van der Waals surface area (Å²) < 4.78 is 0. The number of nitrogens with zero attached hydrogens (tertiary/aromatic N) is 1. The van der Waals surface area contributed by atoms with Crippen molar-refractivity contribution in [2.24, 2.45) is 5.92 Å². The lowest BCUT2D eigenvalue weighted by Gasteiger charge is -2.37. The molecule has 3 rings (SSSR count). The molecule has 2 aromatic carbocycles. The molecule has 3 atom stereocenters. The maximum absolute atomic E-state index is 11.9. The van der Waals surface area contributed by atoms with Gasteiger partial charge in [-0.05, 0) is 54.5 Å². The van der Waals surface area contributed by atoms with Crippen LogP contribution in [0.5, 0.6) is 0 Å². The van der Waals surface area contributed by atoms with Crippen LogP contribution in [0.2, 0.25) is 0 Å². The second-order valence-electron chi connectivity index (χ2n) is 7.90. The van der Waals surface area contributed by atoms with E-state index < -0.39 is 0 Å². The first-order valence-electron chi connectivity index (χ1n) is 10.7. The van der Waals surface area contributed by atoms with Crippen molar-refractivity contribution in [1.82, 2.24) is 10.2 Å². The molecule has 0 bridgehead atoms. The van der Waals surface area contributed by atoms with Crippen LogP contribution in [0.25, 0.3) is 6.08 Å². The van der Waals surface area contributed by atoms with Crippen molar-refractivity contribution in [3.63, 3.8) is 0 Å². The summed E-state index contributed by atoms with van der Waals surface area (Å²) in [5.74, 6) is 0.173. The highest BCUT2D eigenvalue weighted by molar-refractivity contribution is 7.19. The highest BCUT2D eigenvalue weighted by atomic mass is 31.0. The number of carbonyl (C=O) groups excluding carboxylic acids is 1. The summed E-state index contributed by atoms with van der Waals surface area (Å²) in [5.41, 5.74) is 6.37. The summed E-state index contributed by atoms with van der Waals surface area (Å²) in [6, 6.07) is 17.2. The minimum atomic E-state index is -0.291. The minimum Gasteiger partial charge on any atom is -0.356 e. The van der Waals surface area contributed by atoms with Gasteiger partial charge in [-0.25, -0.2) is 0 Å². The van der Waals surface area contributed by atoms with Gasteiger partial charge in [-0.3, -0.25) is 0 Å². The molecule has 0 amide bonds. The number of rotatable bonds is 10. The molecule has 0 aromatic heterocycles. The van der Waals surface area contributed by atoms with E-state index in [-0.39, 0.29) is 11.8 Å². The summed E-state index contributed by atoms with van der Waals surface area (Å²) in [4.78, 5) is 14.1. The Morgan fingerprint density at radius 1 is 1.20 bits per heavy atom. The van der Waals surface area contributed by atoms with Crippen LogP contribution in [-0.2, 0) is 24.2 Å². The summed E-state index contributed by atoms with van der Waals surface area (Å²) >= 11 is 0. The first-order chi connectivity index (χ1) is 14.6. The molecular formula is C26H33N2OP. The third kappa shape index (κ3) is 4.91. The summed E-state index contributed by atoms with van der Waals surface area (Å²) in [6.07, 6.45) is 8.22. The zero-order chi connectivity index (χ0) is 21.5. The van der Waals surface area contributed by atoms with Gasteiger partial charge in [0.1, 0.15) is 6.29 Å². The van der Waals surface area contributed by atoms with Gasteiger partial charge >= 0.3 is 0 Å². The molecule has 30 heavy (non-hydrogen) atoms. The van der Waals surface area contributed by atoms with Crippen LogP contribution < -0.4 is 5.32 Å². The molecule has 4 heteroatoms. The molecule has 0 spiro atoms. The van der Waals surface area contributed by atoms with Crippen LogP contribution in [0.3, 0.4) is 0 Å². The van der Waals surface area contributed by atoms with E-state index in [4.69, 9.17) is 0 Å². The number of benzene rings is 2. The Morgan fingerprint density at radius 3 is 2.40 bits per heavy atom. The molecule has 0 saturated heterocycles. The smallest absolute Gasteiger partial charge is 0.146 e. The molecule has 158 valence electrons. The number of fused-ring (bicyclic) bond motifs is 1. The van der Waals surface area contributed by atoms with Gasteiger partial charge in [-0.1, -0.05) is 74.2 Å². The monoisotopic (exact) mass is 420 g/mol. The second kappa shape index (κ2) is 10.7. The second-order valence-corrected chi connectivity index (χ2v) is 8.58. The number of carbonyl (C=O) groups is 1. The molecule has 1 aliphatic carbocycles. The Morgan fingerprint density at radius 2 is 1.83 bits per heavy atom. The van der Waals surface area contributed by atoms with E-state index in [2.05, 4.69) is 75.4 Å². The van der Waals surface area contributed by atoms with Crippen LogP contribution in [0.4, 0.5) is 0 Å². The highest BCUT2D eigenvalue weighted by Crippen LogP contribution is 2.34. The van der Waals surface area contributed by atoms with Crippen LogP contribution in [0.1, 0.15) is 35.6 Å². The van der Waals surface area contributed by atoms with Crippen molar-refractivity contribution in [1.29, 1.82) is 0 Å². The van der Waals surface area contributed by atoms with Gasteiger partial charge in [-0.15, -0.1) is 9.24 Å². The molecule has 2 aromatic rings. The molecule has 0 saturated carbocycles. The fourth-order valence-corrected chi connectivity index (χ4v) is 4.87. The number of likely N-dealkylation sites (N-methyl/N-ethyl adjacent to an activating group) is 1. The Kier molecular flexibility index (Phi) is 8.01. The summed E-state index contributed by atoms with van der Waals surface area (Å²) in [6.45, 7) is 6.79. The maximum atomic E-state index is 11.9. The zero-order valence-electron chi connectivity index (χ0n) is 18.1. The molecule has 0 heterocycles. The summed E-state index contributed by atoms with van der Waals surface area (Å²) in [7, 11) is 4.75. The molecule has 1 N–H and O–H groups in total. The Labute approximate surface area is 183 Å². The Hall–Kier alpha value is -2.22. The number of nitrogens with one attached hydrogen (secondary N) is 1. The van der Waals surface area contributed by atoms with Crippen molar-refractivity contribution >= 4 is 21.6 Å². The predicted octanol–water partition coefficient (Wildman–Crippen LogP) is 4.83. The summed E-state index contributed by atoms with van der Waals surface area (Å²) in [5, 5.41) is 3.58. The fraction of sp³-hybridized carbons (Fsp3) is 0.346.